The van der Waals surface area contributed by atoms with E-state index in [-0.39, 0.29) is 11.2 Å². The largest absolute Gasteiger partial charge is 0.497 e. The van der Waals surface area contributed by atoms with E-state index in [2.05, 4.69) is 39.4 Å². The van der Waals surface area contributed by atoms with Gasteiger partial charge in [-0.2, -0.15) is 0 Å². The van der Waals surface area contributed by atoms with Gasteiger partial charge in [-0.05, 0) is 36.8 Å². The molecule has 1 fully saturated rings. The van der Waals surface area contributed by atoms with Crippen LogP contribution in [-0.2, 0) is 18.4 Å². The number of aromatic nitrogens is 3. The van der Waals surface area contributed by atoms with Gasteiger partial charge in [-0.15, -0.1) is 10.2 Å². The Kier molecular flexibility index (Phi) is 7.12. The minimum Gasteiger partial charge on any atom is -0.497 e. The summed E-state index contributed by atoms with van der Waals surface area (Å²) in [4.78, 5) is 17.4. The van der Waals surface area contributed by atoms with Gasteiger partial charge >= 0.3 is 0 Å². The van der Waals surface area contributed by atoms with Gasteiger partial charge in [0.05, 0.1) is 12.4 Å². The van der Waals surface area contributed by atoms with Gasteiger partial charge in [-0.1, -0.05) is 42.1 Å². The summed E-state index contributed by atoms with van der Waals surface area (Å²) in [7, 11) is 3.58. The molecule has 8 heteroatoms. The predicted molar refractivity (Wildman–Crippen MR) is 127 cm³/mol. The Labute approximate surface area is 193 Å². The Morgan fingerprint density at radius 3 is 2.38 bits per heavy atom. The average Bonchev–Trinajstić information content (AvgIpc) is 3.19. The van der Waals surface area contributed by atoms with Crippen LogP contribution < -0.4 is 4.74 Å². The monoisotopic (exact) mass is 451 g/mol. The van der Waals surface area contributed by atoms with Crippen molar-refractivity contribution < 1.29 is 9.53 Å². The molecule has 168 valence electrons. The maximum absolute atomic E-state index is 13.0. The first-order chi connectivity index (χ1) is 15.5. The van der Waals surface area contributed by atoms with Crippen LogP contribution >= 0.6 is 11.8 Å². The molecule has 1 aliphatic rings. The molecule has 1 atom stereocenters. The molecule has 2 aromatic carbocycles. The highest BCUT2D eigenvalue weighted by molar-refractivity contribution is 8.00. The molecular weight excluding hydrogens is 422 g/mol. The van der Waals surface area contributed by atoms with E-state index < -0.39 is 0 Å². The molecule has 3 aromatic rings. The quantitative estimate of drug-likeness (QED) is 0.514. The summed E-state index contributed by atoms with van der Waals surface area (Å²) >= 11 is 1.46. The van der Waals surface area contributed by atoms with Crippen LogP contribution in [0.5, 0.6) is 5.75 Å². The van der Waals surface area contributed by atoms with E-state index in [0.717, 1.165) is 55.0 Å². The number of carbonyl (C=O) groups is 1. The van der Waals surface area contributed by atoms with Crippen LogP contribution in [0.15, 0.2) is 59.8 Å². The first kappa shape index (κ1) is 22.4. The van der Waals surface area contributed by atoms with E-state index in [4.69, 9.17) is 4.74 Å². The fourth-order valence-electron chi connectivity index (χ4n) is 3.84. The number of ether oxygens (including phenoxy) is 1. The number of hydrogen-bond acceptors (Lipinski definition) is 6. The van der Waals surface area contributed by atoms with Gasteiger partial charge in [-0.25, -0.2) is 0 Å². The number of methoxy groups -OCH3 is 1. The van der Waals surface area contributed by atoms with Crippen molar-refractivity contribution in [2.45, 2.75) is 23.9 Å². The van der Waals surface area contributed by atoms with E-state index in [1.807, 2.05) is 53.8 Å². The first-order valence-corrected chi connectivity index (χ1v) is 11.7. The minimum atomic E-state index is -0.220. The van der Waals surface area contributed by atoms with E-state index >= 15 is 0 Å². The van der Waals surface area contributed by atoms with Gasteiger partial charge in [0.2, 0.25) is 5.91 Å². The number of benzene rings is 2. The number of piperazine rings is 1. The number of hydrogen-bond donors (Lipinski definition) is 0. The Bertz CT molecular complexity index is 1030. The van der Waals surface area contributed by atoms with Crippen LogP contribution in [0.3, 0.4) is 0 Å². The Hall–Kier alpha value is -2.84. The first-order valence-electron chi connectivity index (χ1n) is 10.8. The zero-order chi connectivity index (χ0) is 22.5. The number of nitrogens with zero attached hydrogens (tertiary/aromatic N) is 5. The number of thioether (sulfide) groups is 1. The summed E-state index contributed by atoms with van der Waals surface area (Å²) < 4.78 is 7.16. The molecular formula is C24H29N5O2S. The van der Waals surface area contributed by atoms with Gasteiger partial charge in [0.1, 0.15) is 5.75 Å². The van der Waals surface area contributed by atoms with Crippen molar-refractivity contribution in [3.63, 3.8) is 0 Å². The van der Waals surface area contributed by atoms with E-state index in [9.17, 15) is 4.79 Å². The molecule has 0 aliphatic carbocycles. The molecule has 2 heterocycles. The highest BCUT2D eigenvalue weighted by Crippen LogP contribution is 2.27. The maximum Gasteiger partial charge on any atom is 0.235 e. The van der Waals surface area contributed by atoms with Gasteiger partial charge in [0.15, 0.2) is 11.0 Å². The third kappa shape index (κ3) is 5.14. The van der Waals surface area contributed by atoms with E-state index in [0.29, 0.717) is 0 Å². The maximum atomic E-state index is 13.0. The molecule has 1 amide bonds. The minimum absolute atomic E-state index is 0.156. The lowest BCUT2D eigenvalue weighted by Crippen LogP contribution is -2.50. The SMILES string of the molecule is COc1ccc(-c2nnc(SC(C)C(=O)N3CCN(Cc4ccccc4)CC3)n2C)cc1. The molecule has 0 bridgehead atoms. The Morgan fingerprint density at radius 2 is 1.72 bits per heavy atom. The lowest BCUT2D eigenvalue weighted by molar-refractivity contribution is -0.132. The van der Waals surface area contributed by atoms with Gasteiger partial charge < -0.3 is 14.2 Å². The van der Waals surface area contributed by atoms with Crippen molar-refractivity contribution >= 4 is 17.7 Å². The molecule has 0 N–H and O–H groups in total. The Balaban J connectivity index is 1.32. The number of amides is 1. The molecule has 1 saturated heterocycles. The summed E-state index contributed by atoms with van der Waals surface area (Å²) in [5.41, 5.74) is 2.27. The van der Waals surface area contributed by atoms with Crippen LogP contribution in [-0.4, -0.2) is 69.0 Å². The molecule has 1 aliphatic heterocycles. The topological polar surface area (TPSA) is 63.5 Å². The normalized spacial score (nSPS) is 15.5. The summed E-state index contributed by atoms with van der Waals surface area (Å²) in [5, 5.41) is 9.18. The molecule has 32 heavy (non-hydrogen) atoms. The van der Waals surface area contributed by atoms with Gasteiger partial charge in [0.25, 0.3) is 0 Å². The second-order valence-corrected chi connectivity index (χ2v) is 9.25. The second kappa shape index (κ2) is 10.2. The van der Waals surface area contributed by atoms with Crippen molar-refractivity contribution in [1.29, 1.82) is 0 Å². The third-order valence-electron chi connectivity index (χ3n) is 5.75. The van der Waals surface area contributed by atoms with E-state index in [1.54, 1.807) is 7.11 Å². The van der Waals surface area contributed by atoms with Crippen LogP contribution in [0.25, 0.3) is 11.4 Å². The van der Waals surface area contributed by atoms with Gasteiger partial charge in [-0.3, -0.25) is 9.69 Å². The zero-order valence-corrected chi connectivity index (χ0v) is 19.6. The number of carbonyl (C=O) groups excluding carboxylic acids is 1. The highest BCUT2D eigenvalue weighted by atomic mass is 32.2. The van der Waals surface area contributed by atoms with E-state index in [1.165, 1.54) is 17.3 Å². The fraction of sp³-hybridized carbons (Fsp3) is 0.375. The Morgan fingerprint density at radius 1 is 1.03 bits per heavy atom. The average molecular weight is 452 g/mol. The van der Waals surface area contributed by atoms with Crippen molar-refractivity contribution in [2.75, 3.05) is 33.3 Å². The highest BCUT2D eigenvalue weighted by Gasteiger charge is 2.27. The van der Waals surface area contributed by atoms with Gasteiger partial charge in [0, 0.05) is 45.3 Å². The van der Waals surface area contributed by atoms with Crippen molar-refractivity contribution in [2.24, 2.45) is 7.05 Å². The van der Waals surface area contributed by atoms with Crippen LogP contribution in [0.1, 0.15) is 12.5 Å². The third-order valence-corrected chi connectivity index (χ3v) is 6.87. The molecule has 0 spiro atoms. The molecule has 0 radical (unpaired) electrons. The summed E-state index contributed by atoms with van der Waals surface area (Å²) in [6.07, 6.45) is 0. The lowest BCUT2D eigenvalue weighted by Gasteiger charge is -2.35. The molecule has 1 aromatic heterocycles. The zero-order valence-electron chi connectivity index (χ0n) is 18.8. The smallest absolute Gasteiger partial charge is 0.235 e. The van der Waals surface area contributed by atoms with Crippen LogP contribution in [0, 0.1) is 0 Å². The fourth-order valence-corrected chi connectivity index (χ4v) is 4.74. The van der Waals surface area contributed by atoms with Crippen molar-refractivity contribution in [1.82, 2.24) is 24.6 Å². The second-order valence-electron chi connectivity index (χ2n) is 7.94. The summed E-state index contributed by atoms with van der Waals surface area (Å²) in [6, 6.07) is 18.2. The number of rotatable bonds is 7. The summed E-state index contributed by atoms with van der Waals surface area (Å²) in [5.74, 6) is 1.72. The van der Waals surface area contributed by atoms with Crippen molar-refractivity contribution in [3.8, 4) is 17.1 Å². The predicted octanol–water partition coefficient (Wildman–Crippen LogP) is 3.32. The van der Waals surface area contributed by atoms with Crippen LogP contribution in [0.2, 0.25) is 0 Å². The summed E-state index contributed by atoms with van der Waals surface area (Å²) in [6.45, 7) is 6.18. The standard InChI is InChI=1S/C24H29N5O2S/c1-18(23(30)29-15-13-28(14-16-29)17-19-7-5-4-6-8-19)32-24-26-25-22(27(24)2)20-9-11-21(31-3)12-10-20/h4-12,18H,13-17H2,1-3H3. The molecule has 4 rings (SSSR count). The lowest BCUT2D eigenvalue weighted by atomic mass is 10.2. The molecule has 1 unspecified atom stereocenters. The molecule has 0 saturated carbocycles. The molecule has 7 nitrogen and oxygen atoms in total. The van der Waals surface area contributed by atoms with Crippen LogP contribution in [0.4, 0.5) is 0 Å². The van der Waals surface area contributed by atoms with Crippen molar-refractivity contribution in [3.05, 3.63) is 60.2 Å².